The molecular formula is C18H24N4O3. The lowest BCUT2D eigenvalue weighted by atomic mass is 10.2. The molecule has 7 nitrogen and oxygen atoms in total. The fourth-order valence-electron chi connectivity index (χ4n) is 2.26. The number of aromatic nitrogens is 1. The van der Waals surface area contributed by atoms with E-state index in [9.17, 15) is 9.59 Å². The van der Waals surface area contributed by atoms with Crippen molar-refractivity contribution in [3.8, 4) is 0 Å². The Morgan fingerprint density at radius 1 is 1.08 bits per heavy atom. The van der Waals surface area contributed by atoms with Crippen LogP contribution in [0, 0.1) is 13.8 Å². The van der Waals surface area contributed by atoms with Crippen molar-refractivity contribution < 1.29 is 14.1 Å². The van der Waals surface area contributed by atoms with Gasteiger partial charge >= 0.3 is 0 Å². The fraction of sp³-hybridized carbons (Fsp3) is 0.389. The summed E-state index contributed by atoms with van der Waals surface area (Å²) in [4.78, 5) is 26.3. The zero-order chi connectivity index (χ0) is 18.4. The summed E-state index contributed by atoms with van der Waals surface area (Å²) in [5.74, 6) is -0.0203. The Bertz CT molecular complexity index is 733. The molecular weight excluding hydrogens is 320 g/mol. The second-order valence-corrected chi connectivity index (χ2v) is 5.76. The molecule has 0 aliphatic heterocycles. The Kier molecular flexibility index (Phi) is 6.30. The molecule has 0 spiro atoms. The molecule has 1 aromatic carbocycles. The van der Waals surface area contributed by atoms with Crippen molar-refractivity contribution in [3.05, 3.63) is 41.1 Å². The van der Waals surface area contributed by atoms with Gasteiger partial charge in [0, 0.05) is 16.8 Å². The SMILES string of the molecule is CCN(CC)CC(=O)Nc1ccc(C(=O)Nc2onc(C)c2C)cc1. The van der Waals surface area contributed by atoms with E-state index in [-0.39, 0.29) is 11.8 Å². The largest absolute Gasteiger partial charge is 0.338 e. The molecule has 2 aromatic rings. The van der Waals surface area contributed by atoms with E-state index in [1.54, 1.807) is 24.3 Å². The highest BCUT2D eigenvalue weighted by Crippen LogP contribution is 2.19. The lowest BCUT2D eigenvalue weighted by Gasteiger charge is -2.17. The number of aryl methyl sites for hydroxylation is 1. The van der Waals surface area contributed by atoms with E-state index in [1.807, 2.05) is 32.6 Å². The molecule has 2 N–H and O–H groups in total. The number of nitrogens with one attached hydrogen (secondary N) is 2. The first-order chi connectivity index (χ1) is 11.9. The summed E-state index contributed by atoms with van der Waals surface area (Å²) in [5.41, 5.74) is 2.66. The summed E-state index contributed by atoms with van der Waals surface area (Å²) in [6, 6.07) is 6.71. The smallest absolute Gasteiger partial charge is 0.258 e. The second kappa shape index (κ2) is 8.43. The zero-order valence-electron chi connectivity index (χ0n) is 15.0. The molecule has 0 atom stereocenters. The Morgan fingerprint density at radius 2 is 1.72 bits per heavy atom. The van der Waals surface area contributed by atoms with Crippen LogP contribution in [0.15, 0.2) is 28.8 Å². The van der Waals surface area contributed by atoms with E-state index in [4.69, 9.17) is 4.52 Å². The van der Waals surface area contributed by atoms with Crippen molar-refractivity contribution >= 4 is 23.4 Å². The number of rotatable bonds is 7. The van der Waals surface area contributed by atoms with Crippen LogP contribution in [0.1, 0.15) is 35.5 Å². The van der Waals surface area contributed by atoms with Gasteiger partial charge < -0.3 is 9.84 Å². The summed E-state index contributed by atoms with van der Waals surface area (Å²) in [5, 5.41) is 9.32. The number of amides is 2. The summed E-state index contributed by atoms with van der Waals surface area (Å²) in [6.45, 7) is 9.66. The number of carbonyl (C=O) groups is 2. The summed E-state index contributed by atoms with van der Waals surface area (Å²) < 4.78 is 5.08. The molecule has 2 amide bonds. The first kappa shape index (κ1) is 18.7. The predicted octanol–water partition coefficient (Wildman–Crippen LogP) is 2.82. The van der Waals surface area contributed by atoms with Crippen molar-refractivity contribution in [3.63, 3.8) is 0 Å². The van der Waals surface area contributed by atoms with Crippen molar-refractivity contribution in [2.75, 3.05) is 30.3 Å². The van der Waals surface area contributed by atoms with Gasteiger partial charge in [-0.15, -0.1) is 0 Å². The van der Waals surface area contributed by atoms with Gasteiger partial charge in [0.15, 0.2) is 0 Å². The third-order valence-electron chi connectivity index (χ3n) is 4.08. The highest BCUT2D eigenvalue weighted by Gasteiger charge is 2.13. The van der Waals surface area contributed by atoms with Crippen molar-refractivity contribution in [2.24, 2.45) is 0 Å². The van der Waals surface area contributed by atoms with Crippen LogP contribution in [0.5, 0.6) is 0 Å². The number of hydrogen-bond donors (Lipinski definition) is 2. The number of benzene rings is 1. The number of hydrogen-bond acceptors (Lipinski definition) is 5. The van der Waals surface area contributed by atoms with Gasteiger partial charge in [0.2, 0.25) is 11.8 Å². The summed E-state index contributed by atoms with van der Waals surface area (Å²) in [7, 11) is 0. The normalized spacial score (nSPS) is 10.8. The van der Waals surface area contributed by atoms with Crippen LogP contribution in [0.3, 0.4) is 0 Å². The molecule has 0 bridgehead atoms. The molecule has 1 aromatic heterocycles. The molecule has 1 heterocycles. The van der Waals surface area contributed by atoms with E-state index in [1.165, 1.54) is 0 Å². The maximum Gasteiger partial charge on any atom is 0.258 e. The Balaban J connectivity index is 1.96. The Labute approximate surface area is 147 Å². The molecule has 0 unspecified atom stereocenters. The molecule has 0 fully saturated rings. The highest BCUT2D eigenvalue weighted by atomic mass is 16.5. The maximum atomic E-state index is 12.2. The number of anilines is 2. The average Bonchev–Trinajstić information content (AvgIpc) is 2.92. The Morgan fingerprint density at radius 3 is 2.24 bits per heavy atom. The second-order valence-electron chi connectivity index (χ2n) is 5.76. The van der Waals surface area contributed by atoms with E-state index in [0.29, 0.717) is 23.7 Å². The number of likely N-dealkylation sites (N-methyl/N-ethyl adjacent to an activating group) is 1. The molecule has 0 radical (unpaired) electrons. The van der Waals surface area contributed by atoms with E-state index < -0.39 is 0 Å². The van der Waals surface area contributed by atoms with Gasteiger partial charge in [-0.05, 0) is 51.2 Å². The van der Waals surface area contributed by atoms with Crippen LogP contribution in [0.25, 0.3) is 0 Å². The fourth-order valence-corrected chi connectivity index (χ4v) is 2.26. The molecule has 134 valence electrons. The van der Waals surface area contributed by atoms with Gasteiger partial charge in [0.05, 0.1) is 12.2 Å². The molecule has 0 saturated heterocycles. The quantitative estimate of drug-likeness (QED) is 0.806. The van der Waals surface area contributed by atoms with Crippen LogP contribution >= 0.6 is 0 Å². The molecule has 7 heteroatoms. The monoisotopic (exact) mass is 344 g/mol. The Hall–Kier alpha value is -2.67. The first-order valence-corrected chi connectivity index (χ1v) is 8.31. The van der Waals surface area contributed by atoms with Crippen LogP contribution in [-0.4, -0.2) is 41.5 Å². The lowest BCUT2D eigenvalue weighted by Crippen LogP contribution is -2.32. The van der Waals surface area contributed by atoms with Gasteiger partial charge in [-0.3, -0.25) is 19.8 Å². The van der Waals surface area contributed by atoms with Crippen LogP contribution in [-0.2, 0) is 4.79 Å². The van der Waals surface area contributed by atoms with E-state index >= 15 is 0 Å². The minimum atomic E-state index is -0.291. The minimum Gasteiger partial charge on any atom is -0.338 e. The number of carbonyl (C=O) groups excluding carboxylic acids is 2. The van der Waals surface area contributed by atoms with Crippen LogP contribution < -0.4 is 10.6 Å². The first-order valence-electron chi connectivity index (χ1n) is 8.31. The topological polar surface area (TPSA) is 87.5 Å². The van der Waals surface area contributed by atoms with Gasteiger partial charge in [-0.2, -0.15) is 0 Å². The van der Waals surface area contributed by atoms with Crippen LogP contribution in [0.2, 0.25) is 0 Å². The molecule has 0 aliphatic carbocycles. The van der Waals surface area contributed by atoms with Gasteiger partial charge in [-0.1, -0.05) is 19.0 Å². The van der Waals surface area contributed by atoms with E-state index in [2.05, 4.69) is 15.8 Å². The third kappa shape index (κ3) is 4.90. The number of nitrogens with zero attached hydrogens (tertiary/aromatic N) is 2. The van der Waals surface area contributed by atoms with Crippen molar-refractivity contribution in [2.45, 2.75) is 27.7 Å². The third-order valence-corrected chi connectivity index (χ3v) is 4.08. The average molecular weight is 344 g/mol. The summed E-state index contributed by atoms with van der Waals surface area (Å²) in [6.07, 6.45) is 0. The van der Waals surface area contributed by atoms with Crippen molar-refractivity contribution in [1.29, 1.82) is 0 Å². The minimum absolute atomic E-state index is 0.0753. The standard InChI is InChI=1S/C18H24N4O3/c1-5-22(6-2)11-16(23)19-15-9-7-14(8-10-15)17(24)20-18-12(3)13(4)21-25-18/h7-10H,5-6,11H2,1-4H3,(H,19,23)(H,20,24). The maximum absolute atomic E-state index is 12.2. The molecule has 2 rings (SSSR count). The lowest BCUT2D eigenvalue weighted by molar-refractivity contribution is -0.117. The van der Waals surface area contributed by atoms with Gasteiger partial charge in [0.25, 0.3) is 5.91 Å². The molecule has 0 saturated carbocycles. The predicted molar refractivity (Wildman–Crippen MR) is 96.8 cm³/mol. The summed E-state index contributed by atoms with van der Waals surface area (Å²) >= 11 is 0. The molecule has 0 aliphatic rings. The van der Waals surface area contributed by atoms with Gasteiger partial charge in [-0.25, -0.2) is 0 Å². The zero-order valence-corrected chi connectivity index (χ0v) is 15.0. The van der Waals surface area contributed by atoms with E-state index in [0.717, 1.165) is 24.3 Å². The molecule has 25 heavy (non-hydrogen) atoms. The van der Waals surface area contributed by atoms with Crippen LogP contribution in [0.4, 0.5) is 11.6 Å². The highest BCUT2D eigenvalue weighted by molar-refractivity contribution is 6.04. The van der Waals surface area contributed by atoms with Crippen molar-refractivity contribution in [1.82, 2.24) is 10.1 Å². The van der Waals surface area contributed by atoms with Gasteiger partial charge in [0.1, 0.15) is 0 Å².